The second-order valence-corrected chi connectivity index (χ2v) is 10.5. The van der Waals surface area contributed by atoms with E-state index in [9.17, 15) is 23.3 Å². The summed E-state index contributed by atoms with van der Waals surface area (Å²) in [5.74, 6) is 0. The lowest BCUT2D eigenvalue weighted by Gasteiger charge is -2.25. The van der Waals surface area contributed by atoms with Crippen molar-refractivity contribution in [3.8, 4) is 0 Å². The summed E-state index contributed by atoms with van der Waals surface area (Å²) in [6.45, 7) is 1.05. The number of rotatable bonds is 11. The first-order valence-electron chi connectivity index (χ1n) is 11.9. The second kappa shape index (κ2) is 11.7. The maximum absolute atomic E-state index is 13.5. The number of sulfonamides is 1. The molecule has 1 aliphatic rings. The third-order valence-corrected chi connectivity index (χ3v) is 8.10. The molecular weight excluding hydrogens is 486 g/mol. The average molecular weight is 516 g/mol. The highest BCUT2D eigenvalue weighted by molar-refractivity contribution is 7.89. The van der Waals surface area contributed by atoms with Crippen molar-refractivity contribution >= 4 is 26.5 Å². The first-order chi connectivity index (χ1) is 17.4. The Bertz CT molecular complexity index is 1370. The lowest BCUT2D eigenvalue weighted by Crippen LogP contribution is -2.37. The smallest absolute Gasteiger partial charge is 0.289 e. The van der Waals surface area contributed by atoms with Crippen molar-refractivity contribution in [1.29, 1.82) is 0 Å². The van der Waals surface area contributed by atoms with Gasteiger partial charge in [0.25, 0.3) is 11.2 Å². The van der Waals surface area contributed by atoms with E-state index < -0.39 is 20.6 Å². The molecule has 1 unspecified atom stereocenters. The molecule has 1 aliphatic heterocycles. The van der Waals surface area contributed by atoms with Gasteiger partial charge in [0, 0.05) is 43.9 Å². The standard InChI is InChI=1S/C25H29N3O7S/c29-25-21-9-2-1-8-20(21)13-15-26(25)16-17-27(14-7-19-35-24-12-5-6-18-34-24)36(32,33)23-11-4-3-10-22(23)28(30)31/h1-4,8-11,13,15,24H,5-7,12,14,16-19H2. The zero-order chi connectivity index (χ0) is 25.5. The van der Waals surface area contributed by atoms with Crippen molar-refractivity contribution in [1.82, 2.24) is 8.87 Å². The fourth-order valence-corrected chi connectivity index (χ4v) is 5.87. The highest BCUT2D eigenvalue weighted by Crippen LogP contribution is 2.26. The van der Waals surface area contributed by atoms with Crippen LogP contribution in [-0.2, 0) is 26.0 Å². The molecule has 0 N–H and O–H groups in total. The predicted octanol–water partition coefficient (Wildman–Crippen LogP) is 3.53. The summed E-state index contributed by atoms with van der Waals surface area (Å²) in [6, 6.07) is 14.3. The van der Waals surface area contributed by atoms with Crippen molar-refractivity contribution in [2.75, 3.05) is 26.3 Å². The van der Waals surface area contributed by atoms with Crippen LogP contribution in [0.2, 0.25) is 0 Å². The number of pyridine rings is 1. The van der Waals surface area contributed by atoms with Gasteiger partial charge in [-0.2, -0.15) is 4.31 Å². The topological polar surface area (TPSA) is 121 Å². The molecule has 4 rings (SSSR count). The Labute approximate surface area is 209 Å². The molecule has 192 valence electrons. The van der Waals surface area contributed by atoms with Crippen LogP contribution in [-0.4, -0.2) is 54.8 Å². The first kappa shape index (κ1) is 26.0. The molecule has 0 bridgehead atoms. The molecule has 1 aromatic heterocycles. The number of nitro groups is 1. The minimum absolute atomic E-state index is 0.0352. The van der Waals surface area contributed by atoms with Crippen LogP contribution in [0.5, 0.6) is 0 Å². The maximum atomic E-state index is 13.5. The van der Waals surface area contributed by atoms with Crippen LogP contribution >= 0.6 is 0 Å². The molecule has 0 aliphatic carbocycles. The fraction of sp³-hybridized carbons (Fsp3) is 0.400. The number of ether oxygens (including phenoxy) is 2. The molecule has 3 aromatic rings. The lowest BCUT2D eigenvalue weighted by molar-refractivity contribution is -0.387. The molecule has 36 heavy (non-hydrogen) atoms. The summed E-state index contributed by atoms with van der Waals surface area (Å²) >= 11 is 0. The Hall–Kier alpha value is -3.12. The number of nitro benzene ring substituents is 1. The van der Waals surface area contributed by atoms with Crippen molar-refractivity contribution < 1.29 is 22.8 Å². The Morgan fingerprint density at radius 3 is 2.64 bits per heavy atom. The molecule has 1 fully saturated rings. The SMILES string of the molecule is O=c1c2ccccc2ccn1CCN(CCCOC1CCCCO1)S(=O)(=O)c1ccccc1[N+](=O)[O-]. The van der Waals surface area contributed by atoms with E-state index in [1.807, 2.05) is 12.1 Å². The van der Waals surface area contributed by atoms with Crippen molar-refractivity contribution in [2.45, 2.75) is 43.4 Å². The predicted molar refractivity (Wildman–Crippen MR) is 134 cm³/mol. The summed E-state index contributed by atoms with van der Waals surface area (Å²) in [5.41, 5.74) is -0.717. The number of para-hydroxylation sites is 1. The largest absolute Gasteiger partial charge is 0.353 e. The second-order valence-electron chi connectivity index (χ2n) is 8.55. The van der Waals surface area contributed by atoms with Crippen molar-refractivity contribution in [3.63, 3.8) is 0 Å². The molecule has 11 heteroatoms. The Morgan fingerprint density at radius 2 is 1.86 bits per heavy atom. The third kappa shape index (κ3) is 5.98. The highest BCUT2D eigenvalue weighted by atomic mass is 32.2. The van der Waals surface area contributed by atoms with E-state index in [4.69, 9.17) is 9.47 Å². The van der Waals surface area contributed by atoms with Crippen LogP contribution in [0.25, 0.3) is 10.8 Å². The van der Waals surface area contributed by atoms with Gasteiger partial charge in [0.2, 0.25) is 10.0 Å². The first-order valence-corrected chi connectivity index (χ1v) is 13.4. The number of fused-ring (bicyclic) bond motifs is 1. The maximum Gasteiger partial charge on any atom is 0.289 e. The molecule has 2 aromatic carbocycles. The number of nitrogens with zero attached hydrogens (tertiary/aromatic N) is 3. The molecule has 0 radical (unpaired) electrons. The van der Waals surface area contributed by atoms with Gasteiger partial charge in [0.05, 0.1) is 11.5 Å². The zero-order valence-electron chi connectivity index (χ0n) is 19.8. The van der Waals surface area contributed by atoms with Crippen LogP contribution in [0.4, 0.5) is 5.69 Å². The van der Waals surface area contributed by atoms with E-state index in [0.717, 1.165) is 24.6 Å². The van der Waals surface area contributed by atoms with Gasteiger partial charge >= 0.3 is 0 Å². The summed E-state index contributed by atoms with van der Waals surface area (Å²) in [4.78, 5) is 23.3. The Kier molecular flexibility index (Phi) is 8.47. The molecule has 0 spiro atoms. The lowest BCUT2D eigenvalue weighted by atomic mass is 10.2. The van der Waals surface area contributed by atoms with Crippen molar-refractivity contribution in [2.24, 2.45) is 0 Å². The van der Waals surface area contributed by atoms with Gasteiger partial charge in [-0.25, -0.2) is 8.42 Å². The molecule has 0 amide bonds. The highest BCUT2D eigenvalue weighted by Gasteiger charge is 2.31. The summed E-state index contributed by atoms with van der Waals surface area (Å²) in [6.07, 6.45) is 4.51. The van der Waals surface area contributed by atoms with E-state index in [1.165, 1.54) is 33.1 Å². The van der Waals surface area contributed by atoms with Crippen LogP contribution in [0.1, 0.15) is 25.7 Å². The number of hydrogen-bond acceptors (Lipinski definition) is 7. The Morgan fingerprint density at radius 1 is 1.08 bits per heavy atom. The quantitative estimate of drug-likeness (QED) is 0.218. The molecule has 1 atom stereocenters. The van der Waals surface area contributed by atoms with Gasteiger partial charge in [-0.1, -0.05) is 30.3 Å². The van der Waals surface area contributed by atoms with E-state index in [-0.39, 0.29) is 43.0 Å². The van der Waals surface area contributed by atoms with Gasteiger partial charge in [-0.3, -0.25) is 14.9 Å². The Balaban J connectivity index is 1.54. The number of aromatic nitrogens is 1. The molecule has 10 nitrogen and oxygen atoms in total. The van der Waals surface area contributed by atoms with Crippen LogP contribution in [0.3, 0.4) is 0 Å². The monoisotopic (exact) mass is 515 g/mol. The fourth-order valence-electron chi connectivity index (χ4n) is 4.24. The minimum atomic E-state index is -4.22. The zero-order valence-corrected chi connectivity index (χ0v) is 20.6. The summed E-state index contributed by atoms with van der Waals surface area (Å²) < 4.78 is 41.0. The molecule has 0 saturated carbocycles. The van der Waals surface area contributed by atoms with Gasteiger partial charge < -0.3 is 14.0 Å². The van der Waals surface area contributed by atoms with Crippen LogP contribution in [0, 0.1) is 10.1 Å². The van der Waals surface area contributed by atoms with Crippen LogP contribution in [0.15, 0.2) is 70.5 Å². The minimum Gasteiger partial charge on any atom is -0.353 e. The van der Waals surface area contributed by atoms with E-state index >= 15 is 0 Å². The van der Waals surface area contributed by atoms with E-state index in [1.54, 1.807) is 24.4 Å². The van der Waals surface area contributed by atoms with Gasteiger partial charge in [0.1, 0.15) is 0 Å². The normalized spacial score (nSPS) is 16.4. The molecule has 2 heterocycles. The van der Waals surface area contributed by atoms with Crippen LogP contribution < -0.4 is 5.56 Å². The summed E-state index contributed by atoms with van der Waals surface area (Å²) in [7, 11) is -4.22. The van der Waals surface area contributed by atoms with E-state index in [2.05, 4.69) is 0 Å². The third-order valence-electron chi connectivity index (χ3n) is 6.15. The summed E-state index contributed by atoms with van der Waals surface area (Å²) in [5, 5.41) is 12.9. The average Bonchev–Trinajstić information content (AvgIpc) is 2.90. The van der Waals surface area contributed by atoms with Gasteiger partial charge in [-0.05, 0) is 49.3 Å². The molecular formula is C25H29N3O7S. The van der Waals surface area contributed by atoms with Crippen molar-refractivity contribution in [3.05, 3.63) is 81.3 Å². The van der Waals surface area contributed by atoms with Gasteiger partial charge in [0.15, 0.2) is 11.2 Å². The van der Waals surface area contributed by atoms with E-state index in [0.29, 0.717) is 18.4 Å². The van der Waals surface area contributed by atoms with Gasteiger partial charge in [-0.15, -0.1) is 0 Å². The number of benzene rings is 2. The number of hydrogen-bond donors (Lipinski definition) is 0. The molecule has 1 saturated heterocycles.